The number of hydrogen-bond acceptors (Lipinski definition) is 4. The summed E-state index contributed by atoms with van der Waals surface area (Å²) in [6.07, 6.45) is 2.44. The first-order valence-corrected chi connectivity index (χ1v) is 5.44. The Morgan fingerprint density at radius 2 is 2.46 bits per heavy atom. The highest BCUT2D eigenvalue weighted by Crippen LogP contribution is 2.17. The Balaban J connectivity index is 2.27. The molecule has 74 valence electrons. The molecule has 0 aromatic heterocycles. The Kier molecular flexibility index (Phi) is 4.08. The molecule has 0 spiro atoms. The maximum atomic E-state index is 11.2. The summed E-state index contributed by atoms with van der Waals surface area (Å²) < 4.78 is 0. The van der Waals surface area contributed by atoms with Crippen LogP contribution in [0.5, 0.6) is 0 Å². The van der Waals surface area contributed by atoms with Crippen molar-refractivity contribution in [1.82, 2.24) is 10.7 Å². The number of carbonyl (C=O) groups is 1. The molecular formula is C8H15N3OS. The van der Waals surface area contributed by atoms with Crippen molar-refractivity contribution in [1.29, 1.82) is 0 Å². The minimum atomic E-state index is 0.0484. The van der Waals surface area contributed by atoms with Gasteiger partial charge < -0.3 is 5.32 Å². The van der Waals surface area contributed by atoms with Crippen molar-refractivity contribution in [3.8, 4) is 0 Å². The molecule has 0 bridgehead atoms. The van der Waals surface area contributed by atoms with Crippen LogP contribution in [0.25, 0.3) is 0 Å². The van der Waals surface area contributed by atoms with Gasteiger partial charge in [0.2, 0.25) is 5.91 Å². The van der Waals surface area contributed by atoms with Crippen LogP contribution in [0.3, 0.4) is 0 Å². The molecule has 13 heavy (non-hydrogen) atoms. The van der Waals surface area contributed by atoms with Crippen molar-refractivity contribution in [2.24, 2.45) is 5.10 Å². The van der Waals surface area contributed by atoms with Gasteiger partial charge >= 0.3 is 0 Å². The molecule has 0 radical (unpaired) electrons. The van der Waals surface area contributed by atoms with Gasteiger partial charge in [0, 0.05) is 6.42 Å². The van der Waals surface area contributed by atoms with Crippen LogP contribution in [0.2, 0.25) is 0 Å². The summed E-state index contributed by atoms with van der Waals surface area (Å²) in [5.74, 6) is 0.0484. The van der Waals surface area contributed by atoms with Crippen LogP contribution in [0.1, 0.15) is 33.1 Å². The fraction of sp³-hybridized carbons (Fsp3) is 0.750. The molecular weight excluding hydrogens is 186 g/mol. The van der Waals surface area contributed by atoms with E-state index in [0.717, 1.165) is 12.8 Å². The van der Waals surface area contributed by atoms with E-state index in [1.165, 1.54) is 0 Å². The van der Waals surface area contributed by atoms with Crippen LogP contribution in [-0.2, 0) is 4.79 Å². The molecule has 1 unspecified atom stereocenters. The number of thioether (sulfide) groups is 1. The summed E-state index contributed by atoms with van der Waals surface area (Å²) in [5, 5.41) is 7.78. The first kappa shape index (κ1) is 10.4. The first-order valence-electron chi connectivity index (χ1n) is 4.56. The molecule has 0 aromatic rings. The average Bonchev–Trinajstić information content (AvgIpc) is 2.52. The van der Waals surface area contributed by atoms with Crippen molar-refractivity contribution < 1.29 is 4.79 Å². The van der Waals surface area contributed by atoms with E-state index in [1.807, 2.05) is 6.92 Å². The van der Waals surface area contributed by atoms with E-state index in [-0.39, 0.29) is 5.91 Å². The fourth-order valence-electron chi connectivity index (χ4n) is 0.959. The van der Waals surface area contributed by atoms with Gasteiger partial charge in [-0.1, -0.05) is 25.6 Å². The minimum absolute atomic E-state index is 0.0484. The van der Waals surface area contributed by atoms with Crippen molar-refractivity contribution >= 4 is 22.8 Å². The normalized spacial score (nSPS) is 20.8. The summed E-state index contributed by atoms with van der Waals surface area (Å²) in [7, 11) is 0. The van der Waals surface area contributed by atoms with Crippen molar-refractivity contribution in [3.05, 3.63) is 0 Å². The van der Waals surface area contributed by atoms with Gasteiger partial charge in [-0.15, -0.1) is 0 Å². The smallest absolute Gasteiger partial charge is 0.225 e. The van der Waals surface area contributed by atoms with E-state index in [9.17, 15) is 4.79 Å². The van der Waals surface area contributed by atoms with Gasteiger partial charge in [-0.05, 0) is 12.8 Å². The maximum Gasteiger partial charge on any atom is 0.225 e. The Bertz CT molecular complexity index is 217. The van der Waals surface area contributed by atoms with Crippen LogP contribution in [0, 0.1) is 0 Å². The van der Waals surface area contributed by atoms with Crippen LogP contribution >= 0.6 is 11.8 Å². The highest BCUT2D eigenvalue weighted by molar-refractivity contribution is 8.14. The van der Waals surface area contributed by atoms with Gasteiger partial charge in [-0.3, -0.25) is 10.2 Å². The van der Waals surface area contributed by atoms with Gasteiger partial charge in [0.1, 0.15) is 0 Å². The van der Waals surface area contributed by atoms with Crippen LogP contribution < -0.4 is 10.7 Å². The average molecular weight is 201 g/mol. The quantitative estimate of drug-likeness (QED) is 0.722. The summed E-state index contributed by atoms with van der Waals surface area (Å²) in [6, 6.07) is 0. The van der Waals surface area contributed by atoms with Crippen molar-refractivity contribution in [2.75, 3.05) is 0 Å². The van der Waals surface area contributed by atoms with E-state index >= 15 is 0 Å². The molecule has 1 aliphatic heterocycles. The number of rotatable bonds is 3. The SMILES string of the molecule is CCCC(=O)NC1=NNC(CC)S1. The third kappa shape index (κ3) is 3.26. The predicted molar refractivity (Wildman–Crippen MR) is 55.3 cm³/mol. The Morgan fingerprint density at radius 3 is 3.00 bits per heavy atom. The van der Waals surface area contributed by atoms with Crippen LogP contribution in [0.15, 0.2) is 5.10 Å². The van der Waals surface area contributed by atoms with Gasteiger partial charge in [0.05, 0.1) is 5.37 Å². The molecule has 4 nitrogen and oxygen atoms in total. The van der Waals surface area contributed by atoms with Crippen molar-refractivity contribution in [2.45, 2.75) is 38.5 Å². The number of nitrogens with one attached hydrogen (secondary N) is 2. The molecule has 0 saturated heterocycles. The van der Waals surface area contributed by atoms with E-state index in [4.69, 9.17) is 0 Å². The van der Waals surface area contributed by atoms with E-state index in [0.29, 0.717) is 17.0 Å². The third-order valence-electron chi connectivity index (χ3n) is 1.66. The Hall–Kier alpha value is -0.710. The van der Waals surface area contributed by atoms with E-state index in [1.54, 1.807) is 11.8 Å². The van der Waals surface area contributed by atoms with E-state index < -0.39 is 0 Å². The summed E-state index contributed by atoms with van der Waals surface area (Å²) in [4.78, 5) is 11.2. The number of hydrogen-bond donors (Lipinski definition) is 2. The number of hydrazone groups is 1. The zero-order chi connectivity index (χ0) is 9.68. The lowest BCUT2D eigenvalue weighted by Gasteiger charge is -2.04. The number of nitrogens with zero attached hydrogens (tertiary/aromatic N) is 1. The molecule has 5 heteroatoms. The second-order valence-corrected chi connectivity index (χ2v) is 4.05. The number of amides is 1. The maximum absolute atomic E-state index is 11.2. The standard InChI is InChI=1S/C8H15N3OS/c1-3-5-6(12)9-8-11-10-7(4-2)13-8/h7,10H,3-5H2,1-2H3,(H,9,11,12). The fourth-order valence-corrected chi connectivity index (χ4v) is 1.78. The van der Waals surface area contributed by atoms with E-state index in [2.05, 4.69) is 22.8 Å². The molecule has 1 aliphatic rings. The van der Waals surface area contributed by atoms with Gasteiger partial charge in [-0.2, -0.15) is 5.10 Å². The number of carbonyl (C=O) groups excluding carboxylic acids is 1. The molecule has 1 atom stereocenters. The molecule has 1 heterocycles. The monoisotopic (exact) mass is 201 g/mol. The molecule has 2 N–H and O–H groups in total. The zero-order valence-electron chi connectivity index (χ0n) is 7.96. The van der Waals surface area contributed by atoms with Gasteiger partial charge in [0.15, 0.2) is 5.17 Å². The van der Waals surface area contributed by atoms with Crippen LogP contribution in [-0.4, -0.2) is 16.4 Å². The molecule has 0 aliphatic carbocycles. The summed E-state index contributed by atoms with van der Waals surface area (Å²) in [6.45, 7) is 4.06. The van der Waals surface area contributed by atoms with Crippen LogP contribution in [0.4, 0.5) is 0 Å². The molecule has 0 aromatic carbocycles. The third-order valence-corrected chi connectivity index (χ3v) is 2.80. The lowest BCUT2D eigenvalue weighted by atomic mass is 10.3. The second-order valence-electron chi connectivity index (χ2n) is 2.86. The predicted octanol–water partition coefficient (Wildman–Crippen LogP) is 1.25. The molecule has 1 amide bonds. The molecule has 0 fully saturated rings. The Morgan fingerprint density at radius 1 is 1.69 bits per heavy atom. The Labute approximate surface area is 82.5 Å². The van der Waals surface area contributed by atoms with Gasteiger partial charge in [-0.25, -0.2) is 0 Å². The second kappa shape index (κ2) is 5.11. The minimum Gasteiger partial charge on any atom is -0.304 e. The summed E-state index contributed by atoms with van der Waals surface area (Å²) in [5.41, 5.74) is 2.94. The largest absolute Gasteiger partial charge is 0.304 e. The summed E-state index contributed by atoms with van der Waals surface area (Å²) >= 11 is 1.57. The topological polar surface area (TPSA) is 53.5 Å². The number of amidine groups is 1. The highest BCUT2D eigenvalue weighted by atomic mass is 32.2. The lowest BCUT2D eigenvalue weighted by molar-refractivity contribution is -0.119. The molecule has 0 saturated carbocycles. The lowest BCUT2D eigenvalue weighted by Crippen LogP contribution is -2.27. The van der Waals surface area contributed by atoms with Crippen molar-refractivity contribution in [3.63, 3.8) is 0 Å². The molecule has 1 rings (SSSR count). The zero-order valence-corrected chi connectivity index (χ0v) is 8.78. The van der Waals surface area contributed by atoms with Gasteiger partial charge in [0.25, 0.3) is 0 Å². The first-order chi connectivity index (χ1) is 6.26. The highest BCUT2D eigenvalue weighted by Gasteiger charge is 2.18.